The van der Waals surface area contributed by atoms with Gasteiger partial charge in [-0.15, -0.1) is 11.3 Å². The van der Waals surface area contributed by atoms with Crippen LogP contribution in [-0.4, -0.2) is 16.6 Å². The van der Waals surface area contributed by atoms with E-state index in [-0.39, 0.29) is 0 Å². The van der Waals surface area contributed by atoms with E-state index in [2.05, 4.69) is 39.9 Å². The van der Waals surface area contributed by atoms with Gasteiger partial charge >= 0.3 is 0 Å². The lowest BCUT2D eigenvalue weighted by molar-refractivity contribution is 0.403. The van der Waals surface area contributed by atoms with E-state index in [9.17, 15) is 0 Å². The second kappa shape index (κ2) is 5.43. The number of thiocarbonyl (C=S) groups is 1. The van der Waals surface area contributed by atoms with Gasteiger partial charge in [-0.25, -0.2) is 0 Å². The minimum atomic E-state index is 0.852. The van der Waals surface area contributed by atoms with Crippen LogP contribution in [0, 0.1) is 0 Å². The molecule has 0 amide bonds. The van der Waals surface area contributed by atoms with Crippen LogP contribution in [0.5, 0.6) is 0 Å². The number of anilines is 1. The first kappa shape index (κ1) is 13.3. The van der Waals surface area contributed by atoms with Gasteiger partial charge in [0.2, 0.25) is 0 Å². The van der Waals surface area contributed by atoms with Gasteiger partial charge in [0.05, 0.1) is 0 Å². The predicted octanol–water partition coefficient (Wildman–Crippen LogP) is 3.99. The number of benzene rings is 1. The van der Waals surface area contributed by atoms with Crippen LogP contribution in [0.25, 0.3) is 0 Å². The van der Waals surface area contributed by atoms with Crippen LogP contribution in [0.15, 0.2) is 29.6 Å². The summed E-state index contributed by atoms with van der Waals surface area (Å²) in [6.45, 7) is 1.96. The van der Waals surface area contributed by atoms with Crippen molar-refractivity contribution in [2.75, 3.05) is 11.9 Å². The summed E-state index contributed by atoms with van der Waals surface area (Å²) in [5.41, 5.74) is 5.56. The Kier molecular flexibility index (Phi) is 3.43. The van der Waals surface area contributed by atoms with Gasteiger partial charge in [0.15, 0.2) is 5.11 Å². The molecule has 4 rings (SSSR count). The molecule has 2 aromatic rings. The number of nitrogens with zero attached hydrogens (tertiary/aromatic N) is 1. The number of hydrogen-bond donors (Lipinski definition) is 1. The number of aryl methyl sites for hydroxylation is 2. The molecule has 21 heavy (non-hydrogen) atoms. The summed E-state index contributed by atoms with van der Waals surface area (Å²) in [5.74, 6) is 0. The molecule has 0 bridgehead atoms. The van der Waals surface area contributed by atoms with Crippen LogP contribution in [-0.2, 0) is 25.8 Å². The maximum absolute atomic E-state index is 5.61. The van der Waals surface area contributed by atoms with Crippen LogP contribution in [0.1, 0.15) is 28.0 Å². The third kappa shape index (κ3) is 2.58. The van der Waals surface area contributed by atoms with E-state index in [0.29, 0.717) is 0 Å². The van der Waals surface area contributed by atoms with Crippen molar-refractivity contribution in [3.05, 3.63) is 51.2 Å². The minimum absolute atomic E-state index is 0.852. The lowest BCUT2D eigenvalue weighted by Crippen LogP contribution is -2.38. The van der Waals surface area contributed by atoms with Crippen molar-refractivity contribution in [3.8, 4) is 0 Å². The summed E-state index contributed by atoms with van der Waals surface area (Å²) in [6, 6.07) is 8.91. The number of rotatable bonds is 1. The second-order valence-corrected chi connectivity index (χ2v) is 7.20. The van der Waals surface area contributed by atoms with E-state index in [1.807, 2.05) is 11.3 Å². The molecule has 1 aliphatic heterocycles. The molecule has 4 heteroatoms. The van der Waals surface area contributed by atoms with E-state index in [1.165, 1.54) is 40.8 Å². The lowest BCUT2D eigenvalue weighted by Gasteiger charge is -2.29. The summed E-state index contributed by atoms with van der Waals surface area (Å²) in [6.07, 6.45) is 4.84. The highest BCUT2D eigenvalue weighted by Gasteiger charge is 2.19. The molecule has 1 aromatic carbocycles. The van der Waals surface area contributed by atoms with Gasteiger partial charge in [-0.1, -0.05) is 6.07 Å². The van der Waals surface area contributed by atoms with Crippen molar-refractivity contribution in [1.82, 2.24) is 4.90 Å². The molecular formula is C17H18N2S2. The molecule has 2 nitrogen and oxygen atoms in total. The van der Waals surface area contributed by atoms with E-state index in [4.69, 9.17) is 12.2 Å². The van der Waals surface area contributed by atoms with Crippen molar-refractivity contribution >= 4 is 34.4 Å². The van der Waals surface area contributed by atoms with Crippen LogP contribution in [0.2, 0.25) is 0 Å². The Morgan fingerprint density at radius 3 is 2.95 bits per heavy atom. The van der Waals surface area contributed by atoms with Gasteiger partial charge in [-0.3, -0.25) is 0 Å². The molecule has 2 aliphatic rings. The van der Waals surface area contributed by atoms with Gasteiger partial charge in [0.25, 0.3) is 0 Å². The molecule has 108 valence electrons. The Bertz CT molecular complexity index is 690. The molecule has 0 radical (unpaired) electrons. The van der Waals surface area contributed by atoms with Gasteiger partial charge in [-0.2, -0.15) is 0 Å². The molecular weight excluding hydrogens is 296 g/mol. The van der Waals surface area contributed by atoms with Crippen LogP contribution >= 0.6 is 23.6 Å². The molecule has 0 fully saturated rings. The smallest absolute Gasteiger partial charge is 0.173 e. The summed E-state index contributed by atoms with van der Waals surface area (Å²) in [7, 11) is 0. The topological polar surface area (TPSA) is 15.3 Å². The van der Waals surface area contributed by atoms with Gasteiger partial charge in [0, 0.05) is 23.7 Å². The number of hydrogen-bond acceptors (Lipinski definition) is 2. The monoisotopic (exact) mass is 314 g/mol. The van der Waals surface area contributed by atoms with Crippen molar-refractivity contribution in [1.29, 1.82) is 0 Å². The summed E-state index contributed by atoms with van der Waals surface area (Å²) in [4.78, 5) is 3.80. The standard InChI is InChI=1S/C17H18N2S2/c20-17(19-8-6-16-14(11-19)7-9-21-16)18-15-5-4-12-2-1-3-13(12)10-15/h4-5,7,9-10H,1-3,6,8,11H2,(H,18,20). The average molecular weight is 314 g/mol. The molecule has 0 saturated carbocycles. The Labute approximate surface area is 134 Å². The fraction of sp³-hybridized carbons (Fsp3) is 0.353. The van der Waals surface area contributed by atoms with Gasteiger partial charge < -0.3 is 10.2 Å². The zero-order chi connectivity index (χ0) is 14.2. The zero-order valence-electron chi connectivity index (χ0n) is 11.9. The quantitative estimate of drug-likeness (QED) is 0.801. The first-order chi connectivity index (χ1) is 10.3. The van der Waals surface area contributed by atoms with Crippen molar-refractivity contribution < 1.29 is 0 Å². The van der Waals surface area contributed by atoms with E-state index >= 15 is 0 Å². The van der Waals surface area contributed by atoms with E-state index < -0.39 is 0 Å². The average Bonchev–Trinajstić information content (AvgIpc) is 3.14. The third-order valence-corrected chi connectivity index (χ3v) is 5.83. The first-order valence-corrected chi connectivity index (χ1v) is 8.81. The van der Waals surface area contributed by atoms with Crippen molar-refractivity contribution in [2.45, 2.75) is 32.2 Å². The maximum Gasteiger partial charge on any atom is 0.173 e. The number of fused-ring (bicyclic) bond motifs is 2. The molecule has 1 N–H and O–H groups in total. The summed E-state index contributed by atoms with van der Waals surface area (Å²) in [5, 5.41) is 6.46. The Morgan fingerprint density at radius 2 is 2.00 bits per heavy atom. The zero-order valence-corrected chi connectivity index (χ0v) is 13.5. The normalized spacial score (nSPS) is 16.5. The van der Waals surface area contributed by atoms with Crippen LogP contribution in [0.4, 0.5) is 5.69 Å². The van der Waals surface area contributed by atoms with Crippen molar-refractivity contribution in [2.24, 2.45) is 0 Å². The maximum atomic E-state index is 5.61. The highest BCUT2D eigenvalue weighted by Crippen LogP contribution is 2.27. The Hall–Kier alpha value is -1.39. The third-order valence-electron chi connectivity index (χ3n) is 4.44. The second-order valence-electron chi connectivity index (χ2n) is 5.81. The number of nitrogens with one attached hydrogen (secondary N) is 1. The van der Waals surface area contributed by atoms with Gasteiger partial charge in [0.1, 0.15) is 0 Å². The highest BCUT2D eigenvalue weighted by molar-refractivity contribution is 7.80. The fourth-order valence-electron chi connectivity index (χ4n) is 3.27. The predicted molar refractivity (Wildman–Crippen MR) is 93.1 cm³/mol. The molecule has 0 unspecified atom stereocenters. The first-order valence-electron chi connectivity index (χ1n) is 7.52. The number of thiophene rings is 1. The molecule has 0 atom stereocenters. The Balaban J connectivity index is 1.47. The molecule has 0 saturated heterocycles. The molecule has 1 aromatic heterocycles. The van der Waals surface area contributed by atoms with E-state index in [0.717, 1.165) is 30.3 Å². The molecule has 0 spiro atoms. The van der Waals surface area contributed by atoms with Crippen molar-refractivity contribution in [3.63, 3.8) is 0 Å². The van der Waals surface area contributed by atoms with Crippen LogP contribution < -0.4 is 5.32 Å². The lowest BCUT2D eigenvalue weighted by atomic mass is 10.1. The molecule has 2 heterocycles. The SMILES string of the molecule is S=C(Nc1ccc2c(c1)CCC2)N1CCc2sccc2C1. The van der Waals surface area contributed by atoms with E-state index in [1.54, 1.807) is 0 Å². The molecule has 1 aliphatic carbocycles. The largest absolute Gasteiger partial charge is 0.344 e. The Morgan fingerprint density at radius 1 is 1.10 bits per heavy atom. The van der Waals surface area contributed by atoms with Gasteiger partial charge in [-0.05, 0) is 78.2 Å². The minimum Gasteiger partial charge on any atom is -0.344 e. The van der Waals surface area contributed by atoms with Crippen LogP contribution in [0.3, 0.4) is 0 Å². The fourth-order valence-corrected chi connectivity index (χ4v) is 4.44. The highest BCUT2D eigenvalue weighted by atomic mass is 32.1. The summed E-state index contributed by atoms with van der Waals surface area (Å²) < 4.78 is 0. The summed E-state index contributed by atoms with van der Waals surface area (Å²) >= 11 is 7.47.